The Bertz CT molecular complexity index is 809. The Labute approximate surface area is 106 Å². The molecule has 4 rings (SSSR count). The molecular weight excluding hydrogens is 216 g/mol. The van der Waals surface area contributed by atoms with Crippen LogP contribution in [0.25, 0.3) is 32.3 Å². The quantitative estimate of drug-likeness (QED) is 0.364. The molecule has 86 valence electrons. The summed E-state index contributed by atoms with van der Waals surface area (Å²) in [7, 11) is 0. The van der Waals surface area contributed by atoms with Gasteiger partial charge in [-0.2, -0.15) is 0 Å². The fraction of sp³-hybridized carbons (Fsp3) is 0.111. The molecule has 0 heterocycles. The minimum Gasteiger partial charge on any atom is -0.0581 e. The van der Waals surface area contributed by atoms with Crippen molar-refractivity contribution in [2.45, 2.75) is 13.8 Å². The van der Waals surface area contributed by atoms with Crippen LogP contribution in [0.1, 0.15) is 11.1 Å². The van der Waals surface area contributed by atoms with Crippen molar-refractivity contribution in [2.75, 3.05) is 0 Å². The third kappa shape index (κ3) is 1.10. The van der Waals surface area contributed by atoms with Crippen molar-refractivity contribution in [3.8, 4) is 0 Å². The highest BCUT2D eigenvalue weighted by molar-refractivity contribution is 6.24. The summed E-state index contributed by atoms with van der Waals surface area (Å²) < 4.78 is 0. The zero-order chi connectivity index (χ0) is 12.3. The maximum absolute atomic E-state index is 2.27. The number of hydrogen-bond acceptors (Lipinski definition) is 0. The predicted molar refractivity (Wildman–Crippen MR) is 79.6 cm³/mol. The van der Waals surface area contributed by atoms with Crippen molar-refractivity contribution < 1.29 is 0 Å². The molecule has 0 aliphatic rings. The summed E-state index contributed by atoms with van der Waals surface area (Å²) >= 11 is 0. The maximum Gasteiger partial charge on any atom is -0.00240 e. The van der Waals surface area contributed by atoms with Crippen molar-refractivity contribution >= 4 is 32.3 Å². The molecule has 0 aliphatic carbocycles. The van der Waals surface area contributed by atoms with Crippen LogP contribution in [0.4, 0.5) is 0 Å². The second kappa shape index (κ2) is 3.23. The molecule has 0 atom stereocenters. The highest BCUT2D eigenvalue weighted by Crippen LogP contribution is 2.36. The van der Waals surface area contributed by atoms with Gasteiger partial charge in [0.25, 0.3) is 0 Å². The van der Waals surface area contributed by atoms with Gasteiger partial charge in [0.15, 0.2) is 0 Å². The first-order valence-electron chi connectivity index (χ1n) is 6.39. The first-order chi connectivity index (χ1) is 8.75. The lowest BCUT2D eigenvalue weighted by molar-refractivity contribution is 1.53. The Hall–Kier alpha value is -2.08. The summed E-state index contributed by atoms with van der Waals surface area (Å²) in [4.78, 5) is 0. The van der Waals surface area contributed by atoms with Crippen LogP contribution in [0.5, 0.6) is 0 Å². The summed E-state index contributed by atoms with van der Waals surface area (Å²) in [6.45, 7) is 4.39. The average Bonchev–Trinajstić information content (AvgIpc) is 2.40. The fourth-order valence-electron chi connectivity index (χ4n) is 3.09. The average molecular weight is 230 g/mol. The van der Waals surface area contributed by atoms with Crippen molar-refractivity contribution in [1.29, 1.82) is 0 Å². The van der Waals surface area contributed by atoms with Crippen LogP contribution in [0.3, 0.4) is 0 Å². The van der Waals surface area contributed by atoms with Crippen LogP contribution < -0.4 is 0 Å². The Morgan fingerprint density at radius 2 is 0.889 bits per heavy atom. The van der Waals surface area contributed by atoms with Gasteiger partial charge in [0.2, 0.25) is 0 Å². The fourth-order valence-corrected chi connectivity index (χ4v) is 3.09. The Kier molecular flexibility index (Phi) is 1.78. The van der Waals surface area contributed by atoms with Crippen LogP contribution in [-0.4, -0.2) is 0 Å². The number of rotatable bonds is 0. The molecular formula is C18H14. The van der Waals surface area contributed by atoms with Gasteiger partial charge >= 0.3 is 0 Å². The Morgan fingerprint density at radius 3 is 1.33 bits per heavy atom. The molecule has 0 amide bonds. The van der Waals surface area contributed by atoms with Gasteiger partial charge in [0, 0.05) is 0 Å². The van der Waals surface area contributed by atoms with Crippen molar-refractivity contribution in [2.24, 2.45) is 0 Å². The van der Waals surface area contributed by atoms with Gasteiger partial charge < -0.3 is 0 Å². The molecule has 18 heavy (non-hydrogen) atoms. The van der Waals surface area contributed by atoms with Gasteiger partial charge in [-0.25, -0.2) is 0 Å². The van der Waals surface area contributed by atoms with Gasteiger partial charge in [-0.1, -0.05) is 48.5 Å². The van der Waals surface area contributed by atoms with Crippen molar-refractivity contribution in [3.05, 3.63) is 59.7 Å². The standard InChI is InChI=1S/C18H14/c1-11-3-5-13-7-8-14-6-4-12(2)16-10-9-15(11)17(13)18(14)16/h3-10H,1-2H3. The van der Waals surface area contributed by atoms with Gasteiger partial charge in [0.05, 0.1) is 0 Å². The monoisotopic (exact) mass is 230 g/mol. The minimum atomic E-state index is 1.35. The molecule has 0 radical (unpaired) electrons. The highest BCUT2D eigenvalue weighted by Gasteiger charge is 2.09. The summed E-state index contributed by atoms with van der Waals surface area (Å²) in [6, 6.07) is 17.9. The first-order valence-corrected chi connectivity index (χ1v) is 6.39. The summed E-state index contributed by atoms with van der Waals surface area (Å²) in [5.74, 6) is 0. The first kappa shape index (κ1) is 9.90. The molecule has 0 heteroatoms. The van der Waals surface area contributed by atoms with Crippen LogP contribution in [0.2, 0.25) is 0 Å². The Balaban J connectivity index is 2.47. The summed E-state index contributed by atoms with van der Waals surface area (Å²) in [5, 5.41) is 8.31. The van der Waals surface area contributed by atoms with Crippen LogP contribution in [0, 0.1) is 13.8 Å². The van der Waals surface area contributed by atoms with Gasteiger partial charge in [-0.05, 0) is 57.3 Å². The third-order valence-corrected chi connectivity index (χ3v) is 4.10. The lowest BCUT2D eigenvalue weighted by Crippen LogP contribution is -1.87. The number of hydrogen-bond donors (Lipinski definition) is 0. The molecule has 0 N–H and O–H groups in total. The second-order valence-corrected chi connectivity index (χ2v) is 5.19. The van der Waals surface area contributed by atoms with Crippen molar-refractivity contribution in [1.82, 2.24) is 0 Å². The number of benzene rings is 4. The van der Waals surface area contributed by atoms with Crippen molar-refractivity contribution in [3.63, 3.8) is 0 Å². The molecule has 0 aromatic heterocycles. The van der Waals surface area contributed by atoms with E-state index in [0.29, 0.717) is 0 Å². The van der Waals surface area contributed by atoms with E-state index in [1.165, 1.54) is 43.4 Å². The lowest BCUT2D eigenvalue weighted by Gasteiger charge is -2.13. The Morgan fingerprint density at radius 1 is 0.500 bits per heavy atom. The van der Waals surface area contributed by atoms with Crippen LogP contribution >= 0.6 is 0 Å². The molecule has 0 spiro atoms. The van der Waals surface area contributed by atoms with E-state index in [0.717, 1.165) is 0 Å². The van der Waals surface area contributed by atoms with E-state index < -0.39 is 0 Å². The smallest absolute Gasteiger partial charge is 0.00240 e. The van der Waals surface area contributed by atoms with E-state index in [-0.39, 0.29) is 0 Å². The van der Waals surface area contributed by atoms with E-state index >= 15 is 0 Å². The maximum atomic E-state index is 2.27. The summed E-state index contributed by atoms with van der Waals surface area (Å²) in [5.41, 5.74) is 2.72. The lowest BCUT2D eigenvalue weighted by atomic mass is 9.91. The van der Waals surface area contributed by atoms with Gasteiger partial charge in [-0.3, -0.25) is 0 Å². The second-order valence-electron chi connectivity index (χ2n) is 5.19. The minimum absolute atomic E-state index is 1.35. The van der Waals surface area contributed by atoms with E-state index in [1.807, 2.05) is 0 Å². The van der Waals surface area contributed by atoms with E-state index in [9.17, 15) is 0 Å². The number of aryl methyl sites for hydroxylation is 2. The molecule has 0 aliphatic heterocycles. The molecule has 4 aromatic rings. The topological polar surface area (TPSA) is 0 Å². The molecule has 0 saturated heterocycles. The SMILES string of the molecule is Cc1ccc2ccc3ccc(C)c4ccc1c2c34. The molecule has 0 unspecified atom stereocenters. The third-order valence-electron chi connectivity index (χ3n) is 4.10. The van der Waals surface area contributed by atoms with Gasteiger partial charge in [-0.15, -0.1) is 0 Å². The zero-order valence-electron chi connectivity index (χ0n) is 10.6. The predicted octanol–water partition coefficient (Wildman–Crippen LogP) is 5.20. The normalized spacial score (nSPS) is 11.9. The highest BCUT2D eigenvalue weighted by atomic mass is 14.1. The molecule has 4 aromatic carbocycles. The molecule has 0 saturated carbocycles. The molecule has 0 fully saturated rings. The van der Waals surface area contributed by atoms with Crippen LogP contribution in [-0.2, 0) is 0 Å². The summed E-state index contributed by atoms with van der Waals surface area (Å²) in [6.07, 6.45) is 0. The van der Waals surface area contributed by atoms with E-state index in [4.69, 9.17) is 0 Å². The molecule has 0 nitrogen and oxygen atoms in total. The van der Waals surface area contributed by atoms with Gasteiger partial charge in [0.1, 0.15) is 0 Å². The largest absolute Gasteiger partial charge is 0.0581 e. The van der Waals surface area contributed by atoms with E-state index in [2.05, 4.69) is 62.4 Å². The molecule has 0 bridgehead atoms. The zero-order valence-corrected chi connectivity index (χ0v) is 10.6. The van der Waals surface area contributed by atoms with Crippen LogP contribution in [0.15, 0.2) is 48.5 Å². The van der Waals surface area contributed by atoms with E-state index in [1.54, 1.807) is 0 Å².